The summed E-state index contributed by atoms with van der Waals surface area (Å²) in [6, 6.07) is 4.23. The fraction of sp³-hybridized carbons (Fsp3) is 0.375. The minimum atomic E-state index is 0.470. The number of aromatic amines is 1. The van der Waals surface area contributed by atoms with Gasteiger partial charge in [-0.05, 0) is 31.5 Å². The second-order valence-electron chi connectivity index (χ2n) is 5.81. The molecule has 6 nitrogen and oxygen atoms in total. The number of hydrogen-bond acceptors (Lipinski definition) is 5. The van der Waals surface area contributed by atoms with Crippen LogP contribution in [0.1, 0.15) is 30.1 Å². The van der Waals surface area contributed by atoms with Crippen LogP contribution < -0.4 is 0 Å². The lowest BCUT2D eigenvalue weighted by molar-refractivity contribution is 0.196. The van der Waals surface area contributed by atoms with Crippen molar-refractivity contribution in [1.29, 1.82) is 0 Å². The van der Waals surface area contributed by atoms with Crippen LogP contribution in [0.4, 0.5) is 0 Å². The molecule has 1 aliphatic rings. The number of nitrogens with one attached hydrogen (secondary N) is 1. The molecule has 1 saturated heterocycles. The largest absolute Gasteiger partial charge is 0.297 e. The summed E-state index contributed by atoms with van der Waals surface area (Å²) < 4.78 is 0. The van der Waals surface area contributed by atoms with Gasteiger partial charge in [-0.2, -0.15) is 5.10 Å². The molecule has 1 N–H and O–H groups in total. The molecule has 4 heterocycles. The summed E-state index contributed by atoms with van der Waals surface area (Å²) in [6.45, 7) is 2.99. The summed E-state index contributed by atoms with van der Waals surface area (Å²) in [7, 11) is 0. The van der Waals surface area contributed by atoms with E-state index in [9.17, 15) is 0 Å². The molecule has 0 spiro atoms. The monoisotopic (exact) mass is 294 g/mol. The minimum Gasteiger partial charge on any atom is -0.297 e. The fourth-order valence-corrected chi connectivity index (χ4v) is 3.15. The first-order chi connectivity index (χ1) is 10.9. The molecule has 0 radical (unpaired) electrons. The van der Waals surface area contributed by atoms with Gasteiger partial charge < -0.3 is 0 Å². The number of rotatable bonds is 3. The second-order valence-corrected chi connectivity index (χ2v) is 5.81. The van der Waals surface area contributed by atoms with Gasteiger partial charge in [0.25, 0.3) is 0 Å². The number of likely N-dealkylation sites (tertiary alicyclic amines) is 1. The molecule has 1 unspecified atom stereocenters. The molecule has 0 aromatic carbocycles. The van der Waals surface area contributed by atoms with E-state index >= 15 is 0 Å². The maximum absolute atomic E-state index is 4.73. The maximum Gasteiger partial charge on any atom is 0.155 e. The van der Waals surface area contributed by atoms with Crippen molar-refractivity contribution in [1.82, 2.24) is 30.0 Å². The lowest BCUT2D eigenvalue weighted by atomic mass is 9.94. The van der Waals surface area contributed by atoms with Gasteiger partial charge in [-0.15, -0.1) is 0 Å². The van der Waals surface area contributed by atoms with Gasteiger partial charge in [-0.3, -0.25) is 20.0 Å². The lowest BCUT2D eigenvalue weighted by Crippen LogP contribution is -2.34. The summed E-state index contributed by atoms with van der Waals surface area (Å²) in [5, 5.41) is 8.07. The maximum atomic E-state index is 4.73. The summed E-state index contributed by atoms with van der Waals surface area (Å²) in [4.78, 5) is 15.7. The van der Waals surface area contributed by atoms with Crippen molar-refractivity contribution >= 4 is 11.0 Å². The smallest absolute Gasteiger partial charge is 0.155 e. The average molecular weight is 294 g/mol. The lowest BCUT2D eigenvalue weighted by Gasteiger charge is -2.32. The Morgan fingerprint density at radius 1 is 1.23 bits per heavy atom. The van der Waals surface area contributed by atoms with E-state index < -0.39 is 0 Å². The van der Waals surface area contributed by atoms with Gasteiger partial charge >= 0.3 is 0 Å². The van der Waals surface area contributed by atoms with Crippen molar-refractivity contribution in [2.45, 2.75) is 25.3 Å². The molecule has 0 saturated carbocycles. The molecule has 3 aromatic rings. The highest BCUT2D eigenvalue weighted by Gasteiger charge is 2.23. The molecule has 0 amide bonds. The Balaban J connectivity index is 1.50. The molecule has 112 valence electrons. The number of hydrogen-bond donors (Lipinski definition) is 1. The molecular formula is C16H18N6. The van der Waals surface area contributed by atoms with Crippen LogP contribution in [-0.4, -0.2) is 43.1 Å². The zero-order valence-corrected chi connectivity index (χ0v) is 12.3. The highest BCUT2D eigenvalue weighted by atomic mass is 15.2. The quantitative estimate of drug-likeness (QED) is 0.801. The number of piperidine rings is 1. The van der Waals surface area contributed by atoms with E-state index in [0.29, 0.717) is 5.92 Å². The van der Waals surface area contributed by atoms with Crippen molar-refractivity contribution in [3.8, 4) is 0 Å². The molecule has 22 heavy (non-hydrogen) atoms. The zero-order valence-electron chi connectivity index (χ0n) is 12.3. The summed E-state index contributed by atoms with van der Waals surface area (Å²) >= 11 is 0. The van der Waals surface area contributed by atoms with Gasteiger partial charge in [0.15, 0.2) is 5.65 Å². The van der Waals surface area contributed by atoms with E-state index in [-0.39, 0.29) is 0 Å². The summed E-state index contributed by atoms with van der Waals surface area (Å²) in [5.74, 6) is 0.470. The van der Waals surface area contributed by atoms with Crippen molar-refractivity contribution < 1.29 is 0 Å². The first-order valence-corrected chi connectivity index (χ1v) is 7.66. The molecule has 1 atom stereocenters. The van der Waals surface area contributed by atoms with Crippen LogP contribution in [0, 0.1) is 0 Å². The van der Waals surface area contributed by atoms with Crippen LogP contribution in [0.15, 0.2) is 36.9 Å². The zero-order chi connectivity index (χ0) is 14.8. The third-order valence-corrected chi connectivity index (χ3v) is 4.25. The topological polar surface area (TPSA) is 70.6 Å². The summed E-state index contributed by atoms with van der Waals surface area (Å²) in [6.07, 6.45) is 9.50. The third-order valence-electron chi connectivity index (χ3n) is 4.25. The summed E-state index contributed by atoms with van der Waals surface area (Å²) in [5.41, 5.74) is 3.06. The number of nitrogens with zero attached hydrogens (tertiary/aromatic N) is 5. The van der Waals surface area contributed by atoms with Gasteiger partial charge in [-0.25, -0.2) is 4.98 Å². The Labute approximate surface area is 128 Å². The minimum absolute atomic E-state index is 0.470. The van der Waals surface area contributed by atoms with Crippen LogP contribution in [0.25, 0.3) is 11.0 Å². The predicted molar refractivity (Wildman–Crippen MR) is 83.2 cm³/mol. The van der Waals surface area contributed by atoms with Crippen LogP contribution in [-0.2, 0) is 6.54 Å². The van der Waals surface area contributed by atoms with Crippen molar-refractivity contribution in [3.05, 3.63) is 48.3 Å². The first kappa shape index (κ1) is 13.3. The Kier molecular flexibility index (Phi) is 3.52. The van der Waals surface area contributed by atoms with Crippen molar-refractivity contribution in [3.63, 3.8) is 0 Å². The van der Waals surface area contributed by atoms with Gasteiger partial charge in [0.2, 0.25) is 0 Å². The Morgan fingerprint density at radius 3 is 3.14 bits per heavy atom. The van der Waals surface area contributed by atoms with E-state index in [1.807, 2.05) is 12.4 Å². The standard InChI is InChI=1S/C16H18N6/c1-2-13(15-4-3-12-8-19-21-16(12)20-15)10-22(7-1)11-14-9-17-5-6-18-14/h3-6,8-9,13H,1-2,7,10-11H2,(H,19,20,21). The fourth-order valence-electron chi connectivity index (χ4n) is 3.15. The highest BCUT2D eigenvalue weighted by Crippen LogP contribution is 2.27. The van der Waals surface area contributed by atoms with E-state index in [1.54, 1.807) is 12.4 Å². The Morgan fingerprint density at radius 2 is 2.23 bits per heavy atom. The molecule has 1 fully saturated rings. The predicted octanol–water partition coefficient (Wildman–Crippen LogP) is 2.13. The van der Waals surface area contributed by atoms with Crippen LogP contribution in [0.3, 0.4) is 0 Å². The van der Waals surface area contributed by atoms with Gasteiger partial charge in [0.1, 0.15) is 0 Å². The molecule has 0 bridgehead atoms. The Hall–Kier alpha value is -2.34. The first-order valence-electron chi connectivity index (χ1n) is 7.66. The Bertz CT molecular complexity index is 753. The normalized spacial score (nSPS) is 19.5. The van der Waals surface area contributed by atoms with Crippen LogP contribution in [0.5, 0.6) is 0 Å². The van der Waals surface area contributed by atoms with E-state index in [1.165, 1.54) is 12.8 Å². The van der Waals surface area contributed by atoms with Gasteiger partial charge in [-0.1, -0.05) is 0 Å². The molecule has 6 heteroatoms. The van der Waals surface area contributed by atoms with E-state index in [0.717, 1.165) is 42.1 Å². The molecule has 1 aliphatic heterocycles. The van der Waals surface area contributed by atoms with E-state index in [4.69, 9.17) is 4.98 Å². The van der Waals surface area contributed by atoms with Crippen molar-refractivity contribution in [2.75, 3.05) is 13.1 Å². The van der Waals surface area contributed by atoms with Crippen LogP contribution >= 0.6 is 0 Å². The van der Waals surface area contributed by atoms with E-state index in [2.05, 4.69) is 37.2 Å². The van der Waals surface area contributed by atoms with Gasteiger partial charge in [0, 0.05) is 48.7 Å². The van der Waals surface area contributed by atoms with Crippen LogP contribution in [0.2, 0.25) is 0 Å². The molecule has 4 rings (SSSR count). The molecule has 0 aliphatic carbocycles. The number of H-pyrrole nitrogens is 1. The third kappa shape index (κ3) is 2.69. The molecular weight excluding hydrogens is 276 g/mol. The SMILES string of the molecule is c1cnc(CN2CCCC(c3ccc4cn[nH]c4n3)C2)cn1. The number of pyridine rings is 1. The number of aromatic nitrogens is 5. The van der Waals surface area contributed by atoms with Gasteiger partial charge in [0.05, 0.1) is 11.9 Å². The molecule has 3 aromatic heterocycles. The van der Waals surface area contributed by atoms with Crippen molar-refractivity contribution in [2.24, 2.45) is 0 Å². The second kappa shape index (κ2) is 5.81. The highest BCUT2D eigenvalue weighted by molar-refractivity contribution is 5.73. The average Bonchev–Trinajstić information content (AvgIpc) is 3.04. The number of fused-ring (bicyclic) bond motifs is 1.